The van der Waals surface area contributed by atoms with Crippen molar-refractivity contribution in [1.82, 2.24) is 5.32 Å². The molecule has 0 saturated heterocycles. The van der Waals surface area contributed by atoms with Gasteiger partial charge < -0.3 is 5.32 Å². The minimum absolute atomic E-state index is 0.162. The fourth-order valence-electron chi connectivity index (χ4n) is 3.73. The van der Waals surface area contributed by atoms with Crippen molar-refractivity contribution in [3.05, 3.63) is 124 Å². The molecule has 0 radical (unpaired) electrons. The van der Waals surface area contributed by atoms with Crippen LogP contribution in [0.3, 0.4) is 0 Å². The first-order valence-corrected chi connectivity index (χ1v) is 11.9. The van der Waals surface area contributed by atoms with E-state index in [1.165, 1.54) is 28.4 Å². The number of halogens is 1. The van der Waals surface area contributed by atoms with E-state index in [0.29, 0.717) is 17.8 Å². The number of hydrogen-bond acceptors (Lipinski definition) is 3. The summed E-state index contributed by atoms with van der Waals surface area (Å²) < 4.78 is 13.7. The molecule has 34 heavy (non-hydrogen) atoms. The van der Waals surface area contributed by atoms with Crippen LogP contribution in [0.25, 0.3) is 0 Å². The molecule has 0 fully saturated rings. The van der Waals surface area contributed by atoms with E-state index in [4.69, 9.17) is 0 Å². The number of amides is 2. The summed E-state index contributed by atoms with van der Waals surface area (Å²) in [6.45, 7) is 2.28. The Hall–Kier alpha value is -3.77. The van der Waals surface area contributed by atoms with Crippen molar-refractivity contribution in [3.8, 4) is 0 Å². The van der Waals surface area contributed by atoms with Gasteiger partial charge in [-0.15, -0.1) is 11.3 Å². The van der Waals surface area contributed by atoms with Gasteiger partial charge in [-0.25, -0.2) is 4.39 Å². The second kappa shape index (κ2) is 10.9. The highest BCUT2D eigenvalue weighted by Gasteiger charge is 2.33. The van der Waals surface area contributed by atoms with E-state index in [-0.39, 0.29) is 18.2 Å². The number of thiophene rings is 1. The van der Waals surface area contributed by atoms with Crippen LogP contribution < -0.4 is 10.2 Å². The highest BCUT2D eigenvalue weighted by Crippen LogP contribution is 2.30. The lowest BCUT2D eigenvalue weighted by atomic mass is 10.0. The normalized spacial score (nSPS) is 11.6. The lowest BCUT2D eigenvalue weighted by Crippen LogP contribution is -2.44. The summed E-state index contributed by atoms with van der Waals surface area (Å²) in [4.78, 5) is 29.7. The molecule has 4 aromatic rings. The molecule has 0 bridgehead atoms. The summed E-state index contributed by atoms with van der Waals surface area (Å²) in [6.07, 6.45) is 0.162. The molecule has 1 atom stereocenters. The third-order valence-electron chi connectivity index (χ3n) is 5.49. The number of rotatable bonds is 8. The predicted molar refractivity (Wildman–Crippen MR) is 134 cm³/mol. The first kappa shape index (κ1) is 23.4. The maximum absolute atomic E-state index is 13.7. The number of benzene rings is 3. The van der Waals surface area contributed by atoms with E-state index in [0.717, 1.165) is 16.0 Å². The molecule has 172 valence electrons. The van der Waals surface area contributed by atoms with Crippen LogP contribution in [0.5, 0.6) is 0 Å². The van der Waals surface area contributed by atoms with E-state index in [1.54, 1.807) is 12.1 Å². The van der Waals surface area contributed by atoms with Gasteiger partial charge in [0.25, 0.3) is 0 Å². The Morgan fingerprint density at radius 2 is 1.62 bits per heavy atom. The number of nitrogens with one attached hydrogen (secondary N) is 1. The number of carbonyl (C=O) groups is 2. The van der Waals surface area contributed by atoms with Crippen molar-refractivity contribution < 1.29 is 14.0 Å². The number of carbonyl (C=O) groups excluding carboxylic acids is 2. The molecule has 0 spiro atoms. The fourth-order valence-corrected chi connectivity index (χ4v) is 4.43. The smallest absolute Gasteiger partial charge is 0.248 e. The standard InChI is InChI=1S/C28H25FN2O2S/c1-20-9-15-24(16-10-20)31(26(32)18-25-8-5-17-34-25)27(22-11-13-23(29)14-12-22)28(33)30-19-21-6-3-2-4-7-21/h2-17,27H,18-19H2,1H3,(H,30,33). The van der Waals surface area contributed by atoms with Crippen LogP contribution >= 0.6 is 11.3 Å². The van der Waals surface area contributed by atoms with Crippen LogP contribution in [-0.4, -0.2) is 11.8 Å². The molecule has 0 saturated carbocycles. The van der Waals surface area contributed by atoms with Gasteiger partial charge in [-0.2, -0.15) is 0 Å². The number of nitrogens with zero attached hydrogens (tertiary/aromatic N) is 1. The van der Waals surface area contributed by atoms with Crippen molar-refractivity contribution >= 4 is 28.8 Å². The van der Waals surface area contributed by atoms with Crippen molar-refractivity contribution in [3.63, 3.8) is 0 Å². The Kier molecular flexibility index (Phi) is 7.50. The van der Waals surface area contributed by atoms with Crippen LogP contribution in [0.2, 0.25) is 0 Å². The summed E-state index contributed by atoms with van der Waals surface area (Å²) in [6, 6.07) is 25.6. The molecule has 0 aliphatic heterocycles. The number of anilines is 1. The number of hydrogen-bond donors (Lipinski definition) is 1. The molecule has 4 nitrogen and oxygen atoms in total. The number of aryl methyl sites for hydroxylation is 1. The maximum Gasteiger partial charge on any atom is 0.248 e. The maximum atomic E-state index is 13.7. The van der Waals surface area contributed by atoms with Gasteiger partial charge in [0.1, 0.15) is 11.9 Å². The monoisotopic (exact) mass is 472 g/mol. The molecule has 0 aliphatic carbocycles. The first-order chi connectivity index (χ1) is 16.5. The van der Waals surface area contributed by atoms with Gasteiger partial charge in [0.15, 0.2) is 0 Å². The Labute approximate surface area is 202 Å². The third-order valence-corrected chi connectivity index (χ3v) is 6.36. The van der Waals surface area contributed by atoms with Crippen LogP contribution in [0.1, 0.15) is 27.6 Å². The van der Waals surface area contributed by atoms with Crippen LogP contribution in [-0.2, 0) is 22.6 Å². The van der Waals surface area contributed by atoms with Crippen molar-refractivity contribution in [2.45, 2.75) is 25.9 Å². The van der Waals surface area contributed by atoms with Crippen LogP contribution in [0, 0.1) is 12.7 Å². The van der Waals surface area contributed by atoms with Gasteiger partial charge in [-0.1, -0.05) is 66.2 Å². The molecule has 3 aromatic carbocycles. The Morgan fingerprint density at radius 3 is 2.26 bits per heavy atom. The summed E-state index contributed by atoms with van der Waals surface area (Å²) in [5, 5.41) is 4.88. The Balaban J connectivity index is 1.72. The van der Waals surface area contributed by atoms with E-state index in [1.807, 2.05) is 79.0 Å². The topological polar surface area (TPSA) is 49.4 Å². The molecule has 2 amide bonds. The average molecular weight is 473 g/mol. The zero-order chi connectivity index (χ0) is 23.9. The van der Waals surface area contributed by atoms with Gasteiger partial charge in [0.05, 0.1) is 6.42 Å². The molecule has 1 aromatic heterocycles. The molecule has 1 unspecified atom stereocenters. The molecule has 4 rings (SSSR count). The minimum Gasteiger partial charge on any atom is -0.350 e. The summed E-state index contributed by atoms with van der Waals surface area (Å²) >= 11 is 1.49. The minimum atomic E-state index is -0.959. The SMILES string of the molecule is Cc1ccc(N(C(=O)Cc2cccs2)C(C(=O)NCc2ccccc2)c2ccc(F)cc2)cc1. The summed E-state index contributed by atoms with van der Waals surface area (Å²) in [5.41, 5.74) is 3.13. The van der Waals surface area contributed by atoms with E-state index < -0.39 is 11.9 Å². The molecule has 1 N–H and O–H groups in total. The van der Waals surface area contributed by atoms with E-state index in [2.05, 4.69) is 5.32 Å². The summed E-state index contributed by atoms with van der Waals surface area (Å²) in [5.74, 6) is -0.954. The first-order valence-electron chi connectivity index (χ1n) is 11.0. The molecular formula is C28H25FN2O2S. The van der Waals surface area contributed by atoms with Gasteiger partial charge in [0, 0.05) is 17.1 Å². The highest BCUT2D eigenvalue weighted by molar-refractivity contribution is 7.10. The molecule has 6 heteroatoms. The lowest BCUT2D eigenvalue weighted by molar-refractivity contribution is -0.126. The molecular weight excluding hydrogens is 447 g/mol. The van der Waals surface area contributed by atoms with Crippen molar-refractivity contribution in [2.75, 3.05) is 4.90 Å². The van der Waals surface area contributed by atoms with Gasteiger partial charge in [-0.3, -0.25) is 14.5 Å². The zero-order valence-corrected chi connectivity index (χ0v) is 19.6. The predicted octanol–water partition coefficient (Wildman–Crippen LogP) is 5.83. The van der Waals surface area contributed by atoms with E-state index >= 15 is 0 Å². The van der Waals surface area contributed by atoms with Crippen LogP contribution in [0.4, 0.5) is 10.1 Å². The zero-order valence-electron chi connectivity index (χ0n) is 18.8. The van der Waals surface area contributed by atoms with Gasteiger partial charge in [-0.05, 0) is 53.8 Å². The molecule has 1 heterocycles. The van der Waals surface area contributed by atoms with Crippen molar-refractivity contribution in [1.29, 1.82) is 0 Å². The van der Waals surface area contributed by atoms with E-state index in [9.17, 15) is 14.0 Å². The largest absolute Gasteiger partial charge is 0.350 e. The fraction of sp³-hybridized carbons (Fsp3) is 0.143. The van der Waals surface area contributed by atoms with Crippen molar-refractivity contribution in [2.24, 2.45) is 0 Å². The van der Waals surface area contributed by atoms with Gasteiger partial charge in [0.2, 0.25) is 11.8 Å². The lowest BCUT2D eigenvalue weighted by Gasteiger charge is -2.31. The molecule has 0 aliphatic rings. The quantitative estimate of drug-likeness (QED) is 0.351. The second-order valence-corrected chi connectivity index (χ2v) is 9.05. The highest BCUT2D eigenvalue weighted by atomic mass is 32.1. The van der Waals surface area contributed by atoms with Gasteiger partial charge >= 0.3 is 0 Å². The van der Waals surface area contributed by atoms with Crippen LogP contribution in [0.15, 0.2) is 96.4 Å². The Bertz CT molecular complexity index is 1220. The third kappa shape index (κ3) is 5.77. The Morgan fingerprint density at radius 1 is 0.912 bits per heavy atom. The summed E-state index contributed by atoms with van der Waals surface area (Å²) in [7, 11) is 0. The second-order valence-electron chi connectivity index (χ2n) is 8.01. The average Bonchev–Trinajstić information content (AvgIpc) is 3.36.